The minimum absolute atomic E-state index is 0.0900. The van der Waals surface area contributed by atoms with E-state index >= 15 is 0 Å². The molecule has 1 aromatic heterocycles. The first kappa shape index (κ1) is 17.2. The van der Waals surface area contributed by atoms with Gasteiger partial charge in [0.05, 0.1) is 23.4 Å². The predicted octanol–water partition coefficient (Wildman–Crippen LogP) is 2.40. The average molecular weight is 347 g/mol. The lowest BCUT2D eigenvalue weighted by Gasteiger charge is -2.15. The second kappa shape index (κ2) is 7.94. The Labute approximate surface area is 150 Å². The van der Waals surface area contributed by atoms with Crippen LogP contribution in [0, 0.1) is 11.3 Å². The van der Waals surface area contributed by atoms with Crippen LogP contribution in [0.15, 0.2) is 61.2 Å². The van der Waals surface area contributed by atoms with Crippen LogP contribution in [0.4, 0.5) is 0 Å². The van der Waals surface area contributed by atoms with Gasteiger partial charge in [0.2, 0.25) is 0 Å². The fraction of sp³-hybridized carbons (Fsp3) is 0.158. The van der Waals surface area contributed by atoms with E-state index in [1.807, 2.05) is 37.3 Å². The maximum atomic E-state index is 12.1. The van der Waals surface area contributed by atoms with Crippen LogP contribution < -0.4 is 10.1 Å². The van der Waals surface area contributed by atoms with Gasteiger partial charge < -0.3 is 10.1 Å². The van der Waals surface area contributed by atoms with Gasteiger partial charge in [0, 0.05) is 0 Å². The number of nitrogens with one attached hydrogen (secondary N) is 1. The molecule has 0 spiro atoms. The van der Waals surface area contributed by atoms with Gasteiger partial charge in [0.25, 0.3) is 5.91 Å². The molecule has 1 unspecified atom stereocenters. The summed E-state index contributed by atoms with van der Waals surface area (Å²) in [5, 5.41) is 15.7. The Morgan fingerprint density at radius 3 is 2.58 bits per heavy atom. The predicted molar refractivity (Wildman–Crippen MR) is 94.6 cm³/mol. The molecule has 1 N–H and O–H groups in total. The average Bonchev–Trinajstić information content (AvgIpc) is 3.21. The third-order valence-corrected chi connectivity index (χ3v) is 3.81. The number of amides is 1. The molecule has 1 atom stereocenters. The van der Waals surface area contributed by atoms with Crippen LogP contribution in [0.1, 0.15) is 24.1 Å². The van der Waals surface area contributed by atoms with E-state index < -0.39 is 0 Å². The van der Waals surface area contributed by atoms with E-state index in [0.29, 0.717) is 11.3 Å². The van der Waals surface area contributed by atoms with Crippen LogP contribution in [0.3, 0.4) is 0 Å². The minimum Gasteiger partial charge on any atom is -0.484 e. The number of nitrogens with zero attached hydrogens (tertiary/aromatic N) is 4. The molecule has 26 heavy (non-hydrogen) atoms. The molecule has 1 amide bonds. The SMILES string of the molecule is CC(NC(=O)COc1ccc(C#N)cc1)c1ccc(-n2cncn2)cc1. The Hall–Kier alpha value is -3.66. The first-order chi connectivity index (χ1) is 12.7. The van der Waals surface area contributed by atoms with Gasteiger partial charge in [-0.25, -0.2) is 9.67 Å². The standard InChI is InChI=1S/C19H17N5O2/c1-14(16-4-6-17(7-5-16)24-13-21-12-22-24)23-19(25)11-26-18-8-2-15(10-20)3-9-18/h2-9,12-14H,11H2,1H3,(H,23,25). The van der Waals surface area contributed by atoms with Gasteiger partial charge in [-0.2, -0.15) is 10.4 Å². The van der Waals surface area contributed by atoms with E-state index in [-0.39, 0.29) is 18.6 Å². The maximum absolute atomic E-state index is 12.1. The second-order valence-corrected chi connectivity index (χ2v) is 5.65. The van der Waals surface area contributed by atoms with Gasteiger partial charge in [0.15, 0.2) is 6.61 Å². The van der Waals surface area contributed by atoms with E-state index in [4.69, 9.17) is 10.00 Å². The van der Waals surface area contributed by atoms with Crippen LogP contribution in [0.2, 0.25) is 0 Å². The molecule has 0 aliphatic rings. The lowest BCUT2D eigenvalue weighted by molar-refractivity contribution is -0.123. The van der Waals surface area contributed by atoms with E-state index in [0.717, 1.165) is 11.3 Å². The first-order valence-corrected chi connectivity index (χ1v) is 8.03. The third kappa shape index (κ3) is 4.24. The fourth-order valence-corrected chi connectivity index (χ4v) is 2.40. The van der Waals surface area contributed by atoms with Gasteiger partial charge in [-0.1, -0.05) is 12.1 Å². The van der Waals surface area contributed by atoms with Crippen molar-refractivity contribution in [2.45, 2.75) is 13.0 Å². The number of aromatic nitrogens is 3. The summed E-state index contributed by atoms with van der Waals surface area (Å²) in [4.78, 5) is 16.0. The fourth-order valence-electron chi connectivity index (χ4n) is 2.40. The highest BCUT2D eigenvalue weighted by Crippen LogP contribution is 2.15. The molecule has 7 nitrogen and oxygen atoms in total. The van der Waals surface area contributed by atoms with Crippen molar-refractivity contribution in [3.8, 4) is 17.5 Å². The normalized spacial score (nSPS) is 11.4. The van der Waals surface area contributed by atoms with Gasteiger partial charge in [-0.3, -0.25) is 4.79 Å². The molecule has 0 fully saturated rings. The lowest BCUT2D eigenvalue weighted by Crippen LogP contribution is -2.31. The zero-order valence-corrected chi connectivity index (χ0v) is 14.2. The molecule has 0 saturated carbocycles. The molecule has 3 rings (SSSR count). The number of ether oxygens (including phenoxy) is 1. The molecule has 1 heterocycles. The molecule has 0 bridgehead atoms. The quantitative estimate of drug-likeness (QED) is 0.739. The largest absolute Gasteiger partial charge is 0.484 e. The molecule has 0 aliphatic heterocycles. The number of hydrogen-bond acceptors (Lipinski definition) is 5. The maximum Gasteiger partial charge on any atom is 0.258 e. The molecule has 0 saturated heterocycles. The highest BCUT2D eigenvalue weighted by Gasteiger charge is 2.10. The van der Waals surface area contributed by atoms with Crippen LogP contribution in [-0.2, 0) is 4.79 Å². The van der Waals surface area contributed by atoms with Crippen molar-refractivity contribution < 1.29 is 9.53 Å². The Kier molecular flexibility index (Phi) is 5.25. The summed E-state index contributed by atoms with van der Waals surface area (Å²) >= 11 is 0. The second-order valence-electron chi connectivity index (χ2n) is 5.65. The number of carbonyl (C=O) groups excluding carboxylic acids is 1. The van der Waals surface area contributed by atoms with Crippen molar-refractivity contribution in [2.75, 3.05) is 6.61 Å². The highest BCUT2D eigenvalue weighted by atomic mass is 16.5. The van der Waals surface area contributed by atoms with Crippen LogP contribution in [0.5, 0.6) is 5.75 Å². The van der Waals surface area contributed by atoms with Crippen molar-refractivity contribution in [3.05, 3.63) is 72.3 Å². The molecular formula is C19H17N5O2. The van der Waals surface area contributed by atoms with Crippen LogP contribution in [0.25, 0.3) is 5.69 Å². The minimum atomic E-state index is -0.220. The number of benzene rings is 2. The summed E-state index contributed by atoms with van der Waals surface area (Å²) in [5.74, 6) is 0.325. The van der Waals surface area contributed by atoms with Gasteiger partial charge >= 0.3 is 0 Å². The monoisotopic (exact) mass is 347 g/mol. The van der Waals surface area contributed by atoms with Crippen molar-refractivity contribution in [1.29, 1.82) is 5.26 Å². The summed E-state index contributed by atoms with van der Waals surface area (Å²) in [6.07, 6.45) is 3.10. The number of hydrogen-bond donors (Lipinski definition) is 1. The third-order valence-electron chi connectivity index (χ3n) is 3.81. The Morgan fingerprint density at radius 2 is 1.96 bits per heavy atom. The van der Waals surface area contributed by atoms with E-state index in [9.17, 15) is 4.79 Å². The van der Waals surface area contributed by atoms with E-state index in [2.05, 4.69) is 15.4 Å². The Bertz CT molecular complexity index is 897. The molecule has 0 radical (unpaired) electrons. The molecular weight excluding hydrogens is 330 g/mol. The van der Waals surface area contributed by atoms with Crippen LogP contribution >= 0.6 is 0 Å². The topological polar surface area (TPSA) is 92.8 Å². The Morgan fingerprint density at radius 1 is 1.23 bits per heavy atom. The highest BCUT2D eigenvalue weighted by molar-refractivity contribution is 5.78. The summed E-state index contributed by atoms with van der Waals surface area (Å²) in [6.45, 7) is 1.82. The smallest absolute Gasteiger partial charge is 0.258 e. The van der Waals surface area contributed by atoms with Gasteiger partial charge in [0.1, 0.15) is 18.4 Å². The summed E-state index contributed by atoms with van der Waals surface area (Å²) < 4.78 is 7.10. The molecule has 3 aromatic rings. The number of rotatable bonds is 6. The van der Waals surface area contributed by atoms with Crippen molar-refractivity contribution in [3.63, 3.8) is 0 Å². The summed E-state index contributed by atoms with van der Waals surface area (Å²) in [5.41, 5.74) is 2.42. The summed E-state index contributed by atoms with van der Waals surface area (Å²) in [7, 11) is 0. The molecule has 7 heteroatoms. The lowest BCUT2D eigenvalue weighted by atomic mass is 10.1. The molecule has 0 aliphatic carbocycles. The van der Waals surface area contributed by atoms with E-state index in [1.165, 1.54) is 6.33 Å². The first-order valence-electron chi connectivity index (χ1n) is 8.03. The number of nitriles is 1. The number of carbonyl (C=O) groups is 1. The zero-order chi connectivity index (χ0) is 18.4. The van der Waals surface area contributed by atoms with E-state index in [1.54, 1.807) is 35.3 Å². The van der Waals surface area contributed by atoms with Gasteiger partial charge in [-0.15, -0.1) is 0 Å². The van der Waals surface area contributed by atoms with Crippen molar-refractivity contribution in [2.24, 2.45) is 0 Å². The van der Waals surface area contributed by atoms with Crippen molar-refractivity contribution in [1.82, 2.24) is 20.1 Å². The van der Waals surface area contributed by atoms with Gasteiger partial charge in [-0.05, 0) is 48.9 Å². The van der Waals surface area contributed by atoms with Crippen molar-refractivity contribution >= 4 is 5.91 Å². The van der Waals surface area contributed by atoms with Crippen LogP contribution in [-0.4, -0.2) is 27.3 Å². The summed E-state index contributed by atoms with van der Waals surface area (Å²) in [6, 6.07) is 16.2. The zero-order valence-electron chi connectivity index (χ0n) is 14.2. The Balaban J connectivity index is 1.52. The molecule has 2 aromatic carbocycles. The molecule has 130 valence electrons.